The number of nitro groups is 1. The molecule has 0 fully saturated rings. The number of hydrogen-bond acceptors (Lipinski definition) is 7. The van der Waals surface area contributed by atoms with Crippen molar-refractivity contribution in [2.75, 3.05) is 11.9 Å². The van der Waals surface area contributed by atoms with Gasteiger partial charge in [0.15, 0.2) is 5.13 Å². The summed E-state index contributed by atoms with van der Waals surface area (Å²) < 4.78 is 5.37. The van der Waals surface area contributed by atoms with Crippen molar-refractivity contribution in [1.82, 2.24) is 4.98 Å². The third-order valence-electron chi connectivity index (χ3n) is 3.40. The van der Waals surface area contributed by atoms with Gasteiger partial charge >= 0.3 is 0 Å². The number of thiazole rings is 1. The lowest BCUT2D eigenvalue weighted by atomic mass is 10.1. The molecule has 0 aliphatic rings. The number of nitrogens with one attached hydrogen (secondary N) is 1. The predicted octanol–water partition coefficient (Wildman–Crippen LogP) is 4.36. The lowest BCUT2D eigenvalue weighted by Gasteiger charge is -2.05. The standard InChI is InChI=1S/C17H15N3O4S2/c1-2-24-13-5-3-11(4-6-13)7-16(21)19-17-18-14(10-26-17)15-8-12(9-25-15)20(22)23/h3-6,8-10H,2,7H2,1H3,(H,18,19,21). The third kappa shape index (κ3) is 4.44. The van der Waals surface area contributed by atoms with Crippen LogP contribution in [0.2, 0.25) is 0 Å². The number of benzene rings is 1. The smallest absolute Gasteiger partial charge is 0.280 e. The second-order valence-electron chi connectivity index (χ2n) is 5.27. The van der Waals surface area contributed by atoms with Crippen molar-refractivity contribution >= 4 is 39.4 Å². The van der Waals surface area contributed by atoms with E-state index in [4.69, 9.17) is 4.74 Å². The molecule has 1 aromatic carbocycles. The molecular formula is C17H15N3O4S2. The third-order valence-corrected chi connectivity index (χ3v) is 5.10. The number of hydrogen-bond donors (Lipinski definition) is 1. The topological polar surface area (TPSA) is 94.4 Å². The Labute approximate surface area is 157 Å². The van der Waals surface area contributed by atoms with Crippen molar-refractivity contribution < 1.29 is 14.5 Å². The van der Waals surface area contributed by atoms with Gasteiger partial charge in [0.25, 0.3) is 5.69 Å². The highest BCUT2D eigenvalue weighted by molar-refractivity contribution is 7.16. The monoisotopic (exact) mass is 389 g/mol. The quantitative estimate of drug-likeness (QED) is 0.478. The molecule has 2 aromatic heterocycles. The Bertz CT molecular complexity index is 918. The Hall–Kier alpha value is -2.78. The van der Waals surface area contributed by atoms with Crippen LogP contribution in [-0.4, -0.2) is 22.4 Å². The molecule has 0 aliphatic heterocycles. The molecular weight excluding hydrogens is 374 g/mol. The summed E-state index contributed by atoms with van der Waals surface area (Å²) in [4.78, 5) is 27.5. The molecule has 26 heavy (non-hydrogen) atoms. The van der Waals surface area contributed by atoms with Gasteiger partial charge in [-0.2, -0.15) is 0 Å². The summed E-state index contributed by atoms with van der Waals surface area (Å²) in [5.41, 5.74) is 1.53. The van der Waals surface area contributed by atoms with Crippen LogP contribution in [0.4, 0.5) is 10.8 Å². The highest BCUT2D eigenvalue weighted by Crippen LogP contribution is 2.32. The minimum atomic E-state index is -0.439. The number of ether oxygens (including phenoxy) is 1. The molecule has 1 N–H and O–H groups in total. The number of aromatic nitrogens is 1. The zero-order valence-corrected chi connectivity index (χ0v) is 15.4. The first kappa shape index (κ1) is 18.0. The van der Waals surface area contributed by atoms with E-state index >= 15 is 0 Å². The first-order valence-corrected chi connectivity index (χ1v) is 9.51. The predicted molar refractivity (Wildman–Crippen MR) is 102 cm³/mol. The maximum atomic E-state index is 12.2. The van der Waals surface area contributed by atoms with Crippen LogP contribution in [0.25, 0.3) is 10.6 Å². The van der Waals surface area contributed by atoms with Gasteiger partial charge in [-0.3, -0.25) is 14.9 Å². The van der Waals surface area contributed by atoms with Gasteiger partial charge in [-0.25, -0.2) is 4.98 Å². The average Bonchev–Trinajstić information content (AvgIpc) is 3.26. The van der Waals surface area contributed by atoms with E-state index in [-0.39, 0.29) is 18.0 Å². The van der Waals surface area contributed by atoms with E-state index in [9.17, 15) is 14.9 Å². The van der Waals surface area contributed by atoms with Gasteiger partial charge in [0.2, 0.25) is 5.91 Å². The molecule has 3 rings (SSSR count). The molecule has 9 heteroatoms. The number of nitrogens with zero attached hydrogens (tertiary/aromatic N) is 2. The number of thiophene rings is 1. The fourth-order valence-electron chi connectivity index (χ4n) is 2.22. The molecule has 2 heterocycles. The summed E-state index contributed by atoms with van der Waals surface area (Å²) in [7, 11) is 0. The van der Waals surface area contributed by atoms with Crippen molar-refractivity contribution in [3.63, 3.8) is 0 Å². The molecule has 0 bridgehead atoms. The van der Waals surface area contributed by atoms with Gasteiger partial charge in [0, 0.05) is 11.4 Å². The molecule has 0 radical (unpaired) electrons. The fourth-order valence-corrected chi connectivity index (χ4v) is 3.84. The molecule has 0 aliphatic carbocycles. The Morgan fingerprint density at radius 1 is 1.27 bits per heavy atom. The van der Waals surface area contributed by atoms with Gasteiger partial charge in [0.05, 0.1) is 33.9 Å². The lowest BCUT2D eigenvalue weighted by molar-refractivity contribution is -0.384. The van der Waals surface area contributed by atoms with E-state index in [1.807, 2.05) is 31.2 Å². The van der Waals surface area contributed by atoms with E-state index in [1.165, 1.54) is 34.1 Å². The maximum absolute atomic E-state index is 12.2. The molecule has 7 nitrogen and oxygen atoms in total. The number of rotatable bonds is 7. The zero-order chi connectivity index (χ0) is 18.5. The fraction of sp³-hybridized carbons (Fsp3) is 0.176. The van der Waals surface area contributed by atoms with Gasteiger partial charge in [-0.1, -0.05) is 12.1 Å². The van der Waals surface area contributed by atoms with Crippen LogP contribution in [0.3, 0.4) is 0 Å². The first-order chi connectivity index (χ1) is 12.5. The van der Waals surface area contributed by atoms with E-state index < -0.39 is 4.92 Å². The van der Waals surface area contributed by atoms with Crippen LogP contribution >= 0.6 is 22.7 Å². The summed E-state index contributed by atoms with van der Waals surface area (Å²) in [6, 6.07) is 8.84. The Morgan fingerprint density at radius 2 is 2.04 bits per heavy atom. The summed E-state index contributed by atoms with van der Waals surface area (Å²) in [6.45, 7) is 2.51. The number of amides is 1. The van der Waals surface area contributed by atoms with Crippen LogP contribution in [0.5, 0.6) is 5.75 Å². The second-order valence-corrected chi connectivity index (χ2v) is 7.04. The first-order valence-electron chi connectivity index (χ1n) is 7.75. The van der Waals surface area contributed by atoms with E-state index in [0.29, 0.717) is 22.3 Å². The summed E-state index contributed by atoms with van der Waals surface area (Å²) in [5.74, 6) is 0.596. The molecule has 0 unspecified atom stereocenters. The van der Waals surface area contributed by atoms with E-state index in [1.54, 1.807) is 5.38 Å². The zero-order valence-electron chi connectivity index (χ0n) is 13.8. The second kappa shape index (κ2) is 8.07. The van der Waals surface area contributed by atoms with Crippen LogP contribution < -0.4 is 10.1 Å². The van der Waals surface area contributed by atoms with Gasteiger partial charge < -0.3 is 10.1 Å². The largest absolute Gasteiger partial charge is 0.494 e. The van der Waals surface area contributed by atoms with Crippen molar-refractivity contribution in [3.05, 3.63) is 56.8 Å². The van der Waals surface area contributed by atoms with Crippen LogP contribution in [0.1, 0.15) is 12.5 Å². The van der Waals surface area contributed by atoms with Gasteiger partial charge in [-0.15, -0.1) is 22.7 Å². The van der Waals surface area contributed by atoms with Crippen molar-refractivity contribution in [3.8, 4) is 16.3 Å². The Morgan fingerprint density at radius 3 is 2.69 bits per heavy atom. The van der Waals surface area contributed by atoms with Crippen LogP contribution in [-0.2, 0) is 11.2 Å². The highest BCUT2D eigenvalue weighted by atomic mass is 32.1. The van der Waals surface area contributed by atoms with Gasteiger partial charge in [0.1, 0.15) is 5.75 Å². The summed E-state index contributed by atoms with van der Waals surface area (Å²) in [6.07, 6.45) is 0.228. The van der Waals surface area contributed by atoms with Gasteiger partial charge in [-0.05, 0) is 24.6 Å². The van der Waals surface area contributed by atoms with Crippen molar-refractivity contribution in [2.24, 2.45) is 0 Å². The maximum Gasteiger partial charge on any atom is 0.280 e. The Balaban J connectivity index is 1.61. The minimum absolute atomic E-state index is 0.0408. The molecule has 0 spiro atoms. The van der Waals surface area contributed by atoms with Crippen molar-refractivity contribution in [1.29, 1.82) is 0 Å². The SMILES string of the molecule is CCOc1ccc(CC(=O)Nc2nc(-c3cc([N+](=O)[O-])cs3)cs2)cc1. The number of carbonyl (C=O) groups is 1. The number of anilines is 1. The van der Waals surface area contributed by atoms with Crippen LogP contribution in [0, 0.1) is 10.1 Å². The highest BCUT2D eigenvalue weighted by Gasteiger charge is 2.14. The molecule has 1 amide bonds. The molecule has 134 valence electrons. The molecule has 0 saturated carbocycles. The molecule has 3 aromatic rings. The summed E-state index contributed by atoms with van der Waals surface area (Å²) >= 11 is 2.53. The lowest BCUT2D eigenvalue weighted by Crippen LogP contribution is -2.14. The molecule has 0 saturated heterocycles. The molecule has 0 atom stereocenters. The Kier molecular flexibility index (Phi) is 5.59. The normalized spacial score (nSPS) is 10.5. The minimum Gasteiger partial charge on any atom is -0.494 e. The summed E-state index contributed by atoms with van der Waals surface area (Å²) in [5, 5.41) is 17.2. The van der Waals surface area contributed by atoms with Crippen LogP contribution in [0.15, 0.2) is 41.1 Å². The van der Waals surface area contributed by atoms with Crippen molar-refractivity contribution in [2.45, 2.75) is 13.3 Å². The van der Waals surface area contributed by atoms with E-state index in [0.717, 1.165) is 11.3 Å². The average molecular weight is 389 g/mol. The number of carbonyl (C=O) groups excluding carboxylic acids is 1. The van der Waals surface area contributed by atoms with E-state index in [2.05, 4.69) is 10.3 Å².